The molecule has 23 heavy (non-hydrogen) atoms. The quantitative estimate of drug-likeness (QED) is 0.779. The summed E-state index contributed by atoms with van der Waals surface area (Å²) >= 11 is 13.4. The second-order valence-corrected chi connectivity index (χ2v) is 7.15. The molecule has 0 atom stereocenters. The summed E-state index contributed by atoms with van der Waals surface area (Å²) in [6.45, 7) is 6.35. The fraction of sp³-hybridized carbons (Fsp3) is 0.467. The lowest BCUT2D eigenvalue weighted by atomic mass is 10.3. The van der Waals surface area contributed by atoms with Crippen LogP contribution in [0, 0.1) is 0 Å². The van der Waals surface area contributed by atoms with Gasteiger partial charge in [-0.3, -0.25) is 9.80 Å². The smallest absolute Gasteiger partial charge is 0.138 e. The first kappa shape index (κ1) is 16.9. The zero-order valence-corrected chi connectivity index (χ0v) is 14.9. The van der Waals surface area contributed by atoms with Gasteiger partial charge in [0.2, 0.25) is 0 Å². The molecular weight excluding hydrogens is 355 g/mol. The minimum Gasteiger partial charge on any atom is -0.491 e. The molecule has 8 heteroatoms. The minimum atomic E-state index is 0.644. The zero-order valence-electron chi connectivity index (χ0n) is 12.6. The molecule has 5 nitrogen and oxygen atoms in total. The van der Waals surface area contributed by atoms with E-state index in [1.165, 1.54) is 11.5 Å². The van der Waals surface area contributed by atoms with Crippen LogP contribution in [0.3, 0.4) is 0 Å². The molecule has 0 radical (unpaired) electrons. The number of hydrogen-bond acceptors (Lipinski definition) is 6. The number of aromatic nitrogens is 2. The Hall–Kier alpha value is -0.920. The molecule has 1 aliphatic rings. The summed E-state index contributed by atoms with van der Waals surface area (Å²) in [6.07, 6.45) is 0. The van der Waals surface area contributed by atoms with Gasteiger partial charge < -0.3 is 4.74 Å². The first-order chi connectivity index (χ1) is 11.2. The molecule has 1 aliphatic heterocycles. The van der Waals surface area contributed by atoms with Crippen LogP contribution in [0.5, 0.6) is 5.75 Å². The van der Waals surface area contributed by atoms with Gasteiger partial charge in [0.1, 0.15) is 22.4 Å². The van der Waals surface area contributed by atoms with Crippen molar-refractivity contribution in [3.8, 4) is 5.75 Å². The molecule has 1 aromatic carbocycles. The van der Waals surface area contributed by atoms with E-state index in [2.05, 4.69) is 19.4 Å². The third-order valence-electron chi connectivity index (χ3n) is 3.85. The molecule has 0 saturated carbocycles. The molecule has 0 aliphatic carbocycles. The molecule has 0 spiro atoms. The van der Waals surface area contributed by atoms with Crippen LogP contribution in [0.25, 0.3) is 0 Å². The van der Waals surface area contributed by atoms with Crippen molar-refractivity contribution in [1.29, 1.82) is 0 Å². The highest BCUT2D eigenvalue weighted by molar-refractivity contribution is 7.10. The number of piperazine rings is 1. The van der Waals surface area contributed by atoms with Gasteiger partial charge in [-0.2, -0.15) is 0 Å². The van der Waals surface area contributed by atoms with Crippen LogP contribution in [0.4, 0.5) is 0 Å². The molecule has 0 bridgehead atoms. The molecule has 0 N–H and O–H groups in total. The van der Waals surface area contributed by atoms with Gasteiger partial charge in [-0.05, 0) is 12.1 Å². The van der Waals surface area contributed by atoms with Crippen LogP contribution in [-0.2, 0) is 6.54 Å². The third-order valence-corrected chi connectivity index (χ3v) is 5.15. The fourth-order valence-corrected chi connectivity index (χ4v) is 3.32. The van der Waals surface area contributed by atoms with Crippen molar-refractivity contribution >= 4 is 34.7 Å². The maximum atomic E-state index is 6.08. The van der Waals surface area contributed by atoms with Gasteiger partial charge in [0.15, 0.2) is 0 Å². The van der Waals surface area contributed by atoms with Gasteiger partial charge in [-0.25, -0.2) is 0 Å². The summed E-state index contributed by atoms with van der Waals surface area (Å²) in [5.74, 6) is 0.749. The van der Waals surface area contributed by atoms with Crippen LogP contribution in [0.2, 0.25) is 9.36 Å². The van der Waals surface area contributed by atoms with E-state index in [9.17, 15) is 0 Å². The molecule has 0 unspecified atom stereocenters. The lowest BCUT2D eigenvalue weighted by Gasteiger charge is -2.34. The summed E-state index contributed by atoms with van der Waals surface area (Å²) in [7, 11) is 0. The summed E-state index contributed by atoms with van der Waals surface area (Å²) in [5.41, 5.74) is 0.882. The Bertz CT molecular complexity index is 631. The highest BCUT2D eigenvalue weighted by atomic mass is 35.5. The van der Waals surface area contributed by atoms with Gasteiger partial charge >= 0.3 is 0 Å². The van der Waals surface area contributed by atoms with Crippen LogP contribution in [-0.4, -0.2) is 58.7 Å². The number of ether oxygens (including phenoxy) is 1. The summed E-state index contributed by atoms with van der Waals surface area (Å²) in [5, 5.41) is 4.73. The standard InChI is InChI=1S/C15H18Cl2N4OS/c16-12-3-1-2-4-14(12)22-10-9-20-5-7-21(8-6-20)11-13-15(17)23-19-18-13/h1-4H,5-11H2. The Morgan fingerprint density at radius 2 is 1.83 bits per heavy atom. The number of benzene rings is 1. The van der Waals surface area contributed by atoms with Crippen molar-refractivity contribution in [2.75, 3.05) is 39.3 Å². The third kappa shape index (κ3) is 4.78. The van der Waals surface area contributed by atoms with Crippen molar-refractivity contribution in [2.24, 2.45) is 0 Å². The van der Waals surface area contributed by atoms with Gasteiger partial charge in [-0.1, -0.05) is 39.8 Å². The van der Waals surface area contributed by atoms with Crippen molar-refractivity contribution in [1.82, 2.24) is 19.4 Å². The second kappa shape index (κ2) is 8.26. The predicted molar refractivity (Wildman–Crippen MR) is 93.6 cm³/mol. The van der Waals surface area contributed by atoms with E-state index in [-0.39, 0.29) is 0 Å². The van der Waals surface area contributed by atoms with Crippen molar-refractivity contribution in [2.45, 2.75) is 6.54 Å². The summed E-state index contributed by atoms with van der Waals surface area (Å²) in [6, 6.07) is 7.57. The minimum absolute atomic E-state index is 0.644. The Morgan fingerprint density at radius 3 is 2.52 bits per heavy atom. The maximum absolute atomic E-state index is 6.08. The van der Waals surface area contributed by atoms with Crippen LogP contribution >= 0.6 is 34.7 Å². The highest BCUT2D eigenvalue weighted by Gasteiger charge is 2.19. The van der Waals surface area contributed by atoms with E-state index in [0.29, 0.717) is 16.0 Å². The lowest BCUT2D eigenvalue weighted by molar-refractivity contribution is 0.112. The number of hydrogen-bond donors (Lipinski definition) is 0. The number of nitrogens with zero attached hydrogens (tertiary/aromatic N) is 4. The van der Waals surface area contributed by atoms with Gasteiger partial charge in [0.25, 0.3) is 0 Å². The second-order valence-electron chi connectivity index (χ2n) is 5.39. The van der Waals surface area contributed by atoms with E-state index >= 15 is 0 Å². The van der Waals surface area contributed by atoms with E-state index in [0.717, 1.165) is 50.7 Å². The Morgan fingerprint density at radius 1 is 1.09 bits per heavy atom. The lowest BCUT2D eigenvalue weighted by Crippen LogP contribution is -2.47. The summed E-state index contributed by atoms with van der Waals surface area (Å²) < 4.78 is 10.3. The Kier molecular flexibility index (Phi) is 6.08. The van der Waals surface area contributed by atoms with Gasteiger partial charge in [-0.15, -0.1) is 5.10 Å². The van der Waals surface area contributed by atoms with Gasteiger partial charge in [0, 0.05) is 50.8 Å². The number of halogens is 2. The van der Waals surface area contributed by atoms with Crippen LogP contribution < -0.4 is 4.74 Å². The average molecular weight is 373 g/mol. The SMILES string of the molecule is Clc1ccccc1OCCN1CCN(Cc2nnsc2Cl)CC1. The zero-order chi connectivity index (χ0) is 16.1. The maximum Gasteiger partial charge on any atom is 0.138 e. The fourth-order valence-electron chi connectivity index (χ4n) is 2.52. The normalized spacial score (nSPS) is 16.6. The van der Waals surface area contributed by atoms with E-state index in [1.807, 2.05) is 24.3 Å². The molecule has 124 valence electrons. The number of para-hydroxylation sites is 1. The molecule has 0 amide bonds. The van der Waals surface area contributed by atoms with Crippen molar-refractivity contribution < 1.29 is 4.74 Å². The van der Waals surface area contributed by atoms with E-state index < -0.39 is 0 Å². The van der Waals surface area contributed by atoms with Gasteiger partial charge in [0.05, 0.1) is 5.02 Å². The molecule has 2 aromatic rings. The molecule has 1 aromatic heterocycles. The van der Waals surface area contributed by atoms with E-state index in [1.54, 1.807) is 0 Å². The summed E-state index contributed by atoms with van der Waals surface area (Å²) in [4.78, 5) is 4.75. The van der Waals surface area contributed by atoms with Crippen LogP contribution in [0.15, 0.2) is 24.3 Å². The molecule has 3 rings (SSSR count). The number of rotatable bonds is 6. The predicted octanol–water partition coefficient (Wildman–Crippen LogP) is 3.04. The molecule has 1 fully saturated rings. The average Bonchev–Trinajstić information content (AvgIpc) is 2.96. The molecule has 1 saturated heterocycles. The molecular formula is C15H18Cl2N4OS. The Labute approximate surface area is 149 Å². The van der Waals surface area contributed by atoms with Crippen molar-refractivity contribution in [3.05, 3.63) is 39.3 Å². The largest absolute Gasteiger partial charge is 0.491 e. The first-order valence-corrected chi connectivity index (χ1v) is 9.04. The highest BCUT2D eigenvalue weighted by Crippen LogP contribution is 2.23. The topological polar surface area (TPSA) is 41.5 Å². The monoisotopic (exact) mass is 372 g/mol. The first-order valence-electron chi connectivity index (χ1n) is 7.51. The molecule has 2 heterocycles. The Balaban J connectivity index is 1.38. The van der Waals surface area contributed by atoms with Crippen molar-refractivity contribution in [3.63, 3.8) is 0 Å². The van der Waals surface area contributed by atoms with E-state index in [4.69, 9.17) is 27.9 Å². The van der Waals surface area contributed by atoms with Crippen LogP contribution in [0.1, 0.15) is 5.69 Å².